The summed E-state index contributed by atoms with van der Waals surface area (Å²) in [6.07, 6.45) is 19.2. The van der Waals surface area contributed by atoms with E-state index in [-0.39, 0.29) is 11.8 Å². The van der Waals surface area contributed by atoms with Gasteiger partial charge in [0.25, 0.3) is 0 Å². The summed E-state index contributed by atoms with van der Waals surface area (Å²) in [5.41, 5.74) is 10.9. The first-order chi connectivity index (χ1) is 28.8. The summed E-state index contributed by atoms with van der Waals surface area (Å²) in [6, 6.07) is 51.5. The number of hydrogen-bond donors (Lipinski definition) is 0. The molecule has 0 N–H and O–H groups in total. The van der Waals surface area contributed by atoms with E-state index >= 15 is 0 Å². The van der Waals surface area contributed by atoms with E-state index in [1.165, 1.54) is 65.7 Å². The van der Waals surface area contributed by atoms with Gasteiger partial charge in [-0.3, -0.25) is 4.90 Å². The molecule has 2 aliphatic heterocycles. The van der Waals surface area contributed by atoms with Crippen LogP contribution in [0.2, 0.25) is 0 Å². The molecule has 0 bridgehead atoms. The number of benzene rings is 7. The first-order valence-electron chi connectivity index (χ1n) is 20.1. The topological polar surface area (TPSA) is 45.2 Å². The first kappa shape index (κ1) is 32.8. The average molecular weight is 744 g/mol. The molecule has 274 valence electrons. The van der Waals surface area contributed by atoms with Crippen LogP contribution in [-0.2, 0) is 0 Å². The molecule has 0 saturated carbocycles. The van der Waals surface area contributed by atoms with Gasteiger partial charge in [-0.15, -0.1) is 0 Å². The van der Waals surface area contributed by atoms with Crippen LogP contribution in [0.3, 0.4) is 0 Å². The number of nitrogens with zero attached hydrogens (tertiary/aromatic N) is 5. The van der Waals surface area contributed by atoms with E-state index < -0.39 is 0 Å². The van der Waals surface area contributed by atoms with Crippen molar-refractivity contribution >= 4 is 49.4 Å². The second-order valence-electron chi connectivity index (χ2n) is 15.5. The maximum Gasteiger partial charge on any atom is 0.181 e. The van der Waals surface area contributed by atoms with Crippen LogP contribution in [0.4, 0.5) is 5.69 Å². The van der Waals surface area contributed by atoms with Gasteiger partial charge in [-0.05, 0) is 102 Å². The van der Waals surface area contributed by atoms with Crippen molar-refractivity contribution in [3.05, 3.63) is 229 Å². The van der Waals surface area contributed by atoms with Gasteiger partial charge in [0.1, 0.15) is 24.2 Å². The lowest BCUT2D eigenvalue weighted by molar-refractivity contribution is 0.547. The van der Waals surface area contributed by atoms with E-state index in [2.05, 4.69) is 197 Å². The molecular formula is C53H37N5. The zero-order chi connectivity index (χ0) is 38.2. The van der Waals surface area contributed by atoms with E-state index in [0.717, 1.165) is 22.9 Å². The zero-order valence-electron chi connectivity index (χ0n) is 31.7. The second kappa shape index (κ2) is 13.1. The van der Waals surface area contributed by atoms with Gasteiger partial charge in [0, 0.05) is 29.6 Å². The normalized spacial score (nSPS) is 19.2. The lowest BCUT2D eigenvalue weighted by Gasteiger charge is -2.29. The van der Waals surface area contributed by atoms with Crippen LogP contribution < -0.4 is 4.90 Å². The van der Waals surface area contributed by atoms with Gasteiger partial charge in [0.2, 0.25) is 0 Å². The van der Waals surface area contributed by atoms with Crippen molar-refractivity contribution in [2.24, 2.45) is 5.92 Å². The highest BCUT2D eigenvalue weighted by molar-refractivity contribution is 6.22. The van der Waals surface area contributed by atoms with Crippen LogP contribution >= 0.6 is 0 Å². The highest BCUT2D eigenvalue weighted by Gasteiger charge is 2.43. The minimum atomic E-state index is 0.230. The highest BCUT2D eigenvalue weighted by Crippen LogP contribution is 2.56. The lowest BCUT2D eigenvalue weighted by atomic mass is 9.80. The zero-order valence-corrected chi connectivity index (χ0v) is 31.7. The summed E-state index contributed by atoms with van der Waals surface area (Å²) in [7, 11) is 0. The SMILES string of the molecule is C1=CCN2C(=C1)N(c1ccccc1)C(c1ncncn1)=C2c1c2ccccc2c(-c2ccc3ccccc3c2)c2cc3c(cc12)C1C=CC=CC1C3c1ccccc1. The molecule has 2 aliphatic carbocycles. The molecule has 3 unspecified atom stereocenters. The molecule has 58 heavy (non-hydrogen) atoms. The summed E-state index contributed by atoms with van der Waals surface area (Å²) in [5, 5.41) is 7.34. The van der Waals surface area contributed by atoms with E-state index in [4.69, 9.17) is 9.97 Å². The predicted octanol–water partition coefficient (Wildman–Crippen LogP) is 12.0. The second-order valence-corrected chi connectivity index (χ2v) is 15.5. The molecule has 12 rings (SSSR count). The van der Waals surface area contributed by atoms with Gasteiger partial charge in [-0.1, -0.05) is 146 Å². The Bertz CT molecular complexity index is 3110. The Morgan fingerprint density at radius 2 is 1.24 bits per heavy atom. The maximum atomic E-state index is 4.87. The van der Waals surface area contributed by atoms with Crippen molar-refractivity contribution < 1.29 is 0 Å². The fraction of sp³-hybridized carbons (Fsp3) is 0.0755. The summed E-state index contributed by atoms with van der Waals surface area (Å²) in [5.74, 6) is 2.51. The van der Waals surface area contributed by atoms with Crippen LogP contribution in [0.5, 0.6) is 0 Å². The number of para-hydroxylation sites is 1. The number of rotatable bonds is 5. The summed E-state index contributed by atoms with van der Waals surface area (Å²) < 4.78 is 0. The molecule has 5 nitrogen and oxygen atoms in total. The lowest BCUT2D eigenvalue weighted by Crippen LogP contribution is -2.27. The van der Waals surface area contributed by atoms with Gasteiger partial charge in [0.15, 0.2) is 5.82 Å². The standard InChI is InChI=1S/C53H37N5/c1-3-16-35(17-4-1)48-40-22-10-9-21-39(40)43-30-46-45(31-44(43)48)49(37-27-26-34-15-7-8-18-36(34)29-37)41-23-11-12-24-42(41)50(46)51-52(53-55-32-54-33-56-53)58(38-19-5-2-6-20-38)47-25-13-14-28-57(47)51/h1-27,29-33,39-40,48H,28H2. The molecule has 0 saturated heterocycles. The van der Waals surface area contributed by atoms with Crippen molar-refractivity contribution in [2.75, 3.05) is 11.4 Å². The molecule has 4 aliphatic rings. The molecule has 5 heteroatoms. The molecule has 7 aromatic carbocycles. The Hall–Kier alpha value is -7.37. The smallest absolute Gasteiger partial charge is 0.181 e. The van der Waals surface area contributed by atoms with E-state index in [1.54, 1.807) is 12.7 Å². The van der Waals surface area contributed by atoms with E-state index in [9.17, 15) is 0 Å². The highest BCUT2D eigenvalue weighted by atomic mass is 15.4. The van der Waals surface area contributed by atoms with Crippen LogP contribution in [-0.4, -0.2) is 26.4 Å². The van der Waals surface area contributed by atoms with Gasteiger partial charge in [-0.2, -0.15) is 0 Å². The van der Waals surface area contributed by atoms with Crippen LogP contribution in [0.1, 0.15) is 39.9 Å². The third kappa shape index (κ3) is 4.93. The summed E-state index contributed by atoms with van der Waals surface area (Å²) in [4.78, 5) is 18.8. The monoisotopic (exact) mass is 743 g/mol. The predicted molar refractivity (Wildman–Crippen MR) is 237 cm³/mol. The van der Waals surface area contributed by atoms with Crippen LogP contribution in [0.25, 0.3) is 54.8 Å². The third-order valence-electron chi connectivity index (χ3n) is 12.5. The number of anilines is 1. The molecule has 0 fully saturated rings. The quantitative estimate of drug-likeness (QED) is 0.164. The number of allylic oxidation sites excluding steroid dienone is 6. The van der Waals surface area contributed by atoms with Crippen molar-refractivity contribution in [1.29, 1.82) is 0 Å². The van der Waals surface area contributed by atoms with Gasteiger partial charge in [0.05, 0.1) is 5.70 Å². The summed E-state index contributed by atoms with van der Waals surface area (Å²) in [6.45, 7) is 0.709. The number of fused-ring (bicyclic) bond motifs is 7. The Balaban J connectivity index is 1.25. The molecule has 0 amide bonds. The van der Waals surface area contributed by atoms with Crippen molar-refractivity contribution in [1.82, 2.24) is 19.9 Å². The van der Waals surface area contributed by atoms with Crippen molar-refractivity contribution in [3.8, 4) is 11.1 Å². The molecule has 1 aromatic heterocycles. The third-order valence-corrected chi connectivity index (χ3v) is 12.5. The number of hydrogen-bond acceptors (Lipinski definition) is 5. The fourth-order valence-corrected chi connectivity index (χ4v) is 10.2. The van der Waals surface area contributed by atoms with Crippen LogP contribution in [0, 0.1) is 5.92 Å². The minimum absolute atomic E-state index is 0.230. The molecule has 0 radical (unpaired) electrons. The number of aromatic nitrogens is 3. The van der Waals surface area contributed by atoms with Crippen molar-refractivity contribution in [2.45, 2.75) is 11.8 Å². The Kier molecular flexibility index (Phi) is 7.42. The first-order valence-corrected chi connectivity index (χ1v) is 20.1. The fourth-order valence-electron chi connectivity index (χ4n) is 10.2. The van der Waals surface area contributed by atoms with E-state index in [0.29, 0.717) is 18.3 Å². The molecule has 8 aromatic rings. The van der Waals surface area contributed by atoms with Gasteiger partial charge >= 0.3 is 0 Å². The minimum Gasteiger partial charge on any atom is -0.321 e. The maximum absolute atomic E-state index is 4.87. The van der Waals surface area contributed by atoms with Gasteiger partial charge < -0.3 is 4.90 Å². The summed E-state index contributed by atoms with van der Waals surface area (Å²) >= 11 is 0. The molecule has 3 heterocycles. The van der Waals surface area contributed by atoms with Crippen molar-refractivity contribution in [3.63, 3.8) is 0 Å². The van der Waals surface area contributed by atoms with Crippen LogP contribution in [0.15, 0.2) is 201 Å². The Morgan fingerprint density at radius 1 is 0.552 bits per heavy atom. The molecular weight excluding hydrogens is 707 g/mol. The largest absolute Gasteiger partial charge is 0.321 e. The molecule has 0 spiro atoms. The average Bonchev–Trinajstić information content (AvgIpc) is 3.81. The Morgan fingerprint density at radius 3 is 2.07 bits per heavy atom. The molecule has 3 atom stereocenters. The van der Waals surface area contributed by atoms with Gasteiger partial charge in [-0.25, -0.2) is 15.0 Å². The Labute approximate surface area is 337 Å². The van der Waals surface area contributed by atoms with E-state index in [1.807, 2.05) is 0 Å².